The van der Waals surface area contributed by atoms with Crippen LogP contribution in [-0.2, 0) is 4.79 Å². The van der Waals surface area contributed by atoms with Crippen LogP contribution in [0.2, 0.25) is 0 Å². The van der Waals surface area contributed by atoms with Crippen LogP contribution in [0.3, 0.4) is 0 Å². The number of carbonyl (C=O) groups excluding carboxylic acids is 2. The minimum absolute atomic E-state index is 0.000401. The Labute approximate surface area is 163 Å². The number of nitriles is 1. The summed E-state index contributed by atoms with van der Waals surface area (Å²) >= 11 is 0. The monoisotopic (exact) mass is 386 g/mol. The van der Waals surface area contributed by atoms with E-state index in [1.54, 1.807) is 31.4 Å². The quantitative estimate of drug-likeness (QED) is 0.810. The number of amides is 2. The average molecular weight is 386 g/mol. The van der Waals surface area contributed by atoms with Gasteiger partial charge in [0.25, 0.3) is 5.91 Å². The summed E-state index contributed by atoms with van der Waals surface area (Å²) < 4.78 is 18.6. The highest BCUT2D eigenvalue weighted by Gasteiger charge is 2.56. The number of rotatable bonds is 5. The van der Waals surface area contributed by atoms with E-state index >= 15 is 0 Å². The van der Waals surface area contributed by atoms with Gasteiger partial charge in [-0.3, -0.25) is 9.59 Å². The van der Waals surface area contributed by atoms with E-state index < -0.39 is 12.2 Å². The van der Waals surface area contributed by atoms with Crippen LogP contribution in [0.15, 0.2) is 24.3 Å². The van der Waals surface area contributed by atoms with Crippen molar-refractivity contribution < 1.29 is 18.7 Å². The Bertz CT molecular complexity index is 797. The number of halogens is 1. The summed E-state index contributed by atoms with van der Waals surface area (Å²) in [7, 11) is 1.59. The largest absolute Gasteiger partial charge is 0.497 e. The molecule has 28 heavy (non-hydrogen) atoms. The molecule has 1 saturated carbocycles. The molecule has 0 spiro atoms. The zero-order valence-electron chi connectivity index (χ0n) is 15.7. The number of fused-ring (bicyclic) bond motifs is 1. The maximum absolute atomic E-state index is 13.5. The number of piperidine rings is 1. The normalized spacial score (nSPS) is 30.7. The molecule has 3 fully saturated rings. The number of nitrogens with zero attached hydrogens (tertiary/aromatic N) is 3. The van der Waals surface area contributed by atoms with Crippen LogP contribution in [0.5, 0.6) is 5.75 Å². The Kier molecular flexibility index (Phi) is 4.94. The summed E-state index contributed by atoms with van der Waals surface area (Å²) in [5.74, 6) is 1.17. The fraction of sp³-hybridized carbons (Fsp3) is 0.550. The smallest absolute Gasteiger partial charge is 0.253 e. The van der Waals surface area contributed by atoms with E-state index in [9.17, 15) is 14.0 Å². The predicted molar refractivity (Wildman–Crippen MR) is 98.3 cm³/mol. The fourth-order valence-electron chi connectivity index (χ4n) is 4.40. The van der Waals surface area contributed by atoms with Crippen molar-refractivity contribution in [3.05, 3.63) is 29.8 Å². The lowest BCUT2D eigenvalue weighted by Crippen LogP contribution is -2.43. The van der Waals surface area contributed by atoms with Crippen LogP contribution in [0, 0.1) is 23.2 Å². The fourth-order valence-corrected chi connectivity index (χ4v) is 4.40. The van der Waals surface area contributed by atoms with Crippen LogP contribution < -0.4 is 10.1 Å². The molecule has 1 aromatic rings. The van der Waals surface area contributed by atoms with Crippen molar-refractivity contribution in [3.63, 3.8) is 0 Å². The van der Waals surface area contributed by atoms with Gasteiger partial charge < -0.3 is 19.9 Å². The number of likely N-dealkylation sites (tertiary alicyclic amines) is 2. The van der Waals surface area contributed by atoms with Gasteiger partial charge in [-0.1, -0.05) is 0 Å². The number of benzene rings is 1. The third kappa shape index (κ3) is 3.42. The molecule has 7 nitrogen and oxygen atoms in total. The van der Waals surface area contributed by atoms with Crippen molar-refractivity contribution in [3.8, 4) is 11.8 Å². The van der Waals surface area contributed by atoms with Gasteiger partial charge in [0.1, 0.15) is 18.0 Å². The second kappa shape index (κ2) is 7.40. The number of hydrogen-bond acceptors (Lipinski definition) is 5. The van der Waals surface area contributed by atoms with Crippen LogP contribution in [0.25, 0.3) is 0 Å². The van der Waals surface area contributed by atoms with Crippen LogP contribution >= 0.6 is 0 Å². The molecule has 0 radical (unpaired) electrons. The first kappa shape index (κ1) is 18.7. The molecule has 1 N–H and O–H groups in total. The summed E-state index contributed by atoms with van der Waals surface area (Å²) in [6.45, 7) is 1.44. The van der Waals surface area contributed by atoms with Crippen LogP contribution in [0.4, 0.5) is 4.39 Å². The lowest BCUT2D eigenvalue weighted by Gasteiger charge is -2.22. The van der Waals surface area contributed by atoms with Gasteiger partial charge in [0, 0.05) is 31.1 Å². The molecular weight excluding hydrogens is 363 g/mol. The zero-order valence-corrected chi connectivity index (χ0v) is 15.7. The Hall–Kier alpha value is -2.66. The molecule has 148 valence electrons. The minimum Gasteiger partial charge on any atom is -0.497 e. The van der Waals surface area contributed by atoms with Crippen molar-refractivity contribution in [2.24, 2.45) is 11.8 Å². The van der Waals surface area contributed by atoms with E-state index in [0.717, 1.165) is 0 Å². The second-order valence-electron chi connectivity index (χ2n) is 7.70. The lowest BCUT2D eigenvalue weighted by atomic mass is 10.2. The van der Waals surface area contributed by atoms with E-state index in [0.29, 0.717) is 36.2 Å². The van der Waals surface area contributed by atoms with E-state index in [1.165, 1.54) is 4.90 Å². The third-order valence-electron chi connectivity index (χ3n) is 6.03. The van der Waals surface area contributed by atoms with Gasteiger partial charge in [-0.2, -0.15) is 5.26 Å². The van der Waals surface area contributed by atoms with Crippen LogP contribution in [-0.4, -0.2) is 73.2 Å². The van der Waals surface area contributed by atoms with Crippen molar-refractivity contribution in [1.82, 2.24) is 15.1 Å². The van der Waals surface area contributed by atoms with E-state index in [4.69, 9.17) is 10.00 Å². The maximum Gasteiger partial charge on any atom is 0.253 e. The molecule has 4 rings (SSSR count). The van der Waals surface area contributed by atoms with Gasteiger partial charge in [-0.05, 0) is 36.1 Å². The third-order valence-corrected chi connectivity index (χ3v) is 6.03. The minimum atomic E-state index is -1.12. The molecule has 4 atom stereocenters. The SMILES string of the molecule is COc1ccc(C(=O)N2CC3C(C2)C3NCC(=O)N2CC(F)CC2C#N)cc1. The molecule has 3 aliphatic rings. The zero-order chi connectivity index (χ0) is 19.8. The van der Waals surface area contributed by atoms with Crippen molar-refractivity contribution in [2.75, 3.05) is 33.3 Å². The molecule has 1 aliphatic carbocycles. The lowest BCUT2D eigenvalue weighted by molar-refractivity contribution is -0.130. The Morgan fingerprint density at radius 3 is 2.54 bits per heavy atom. The highest BCUT2D eigenvalue weighted by atomic mass is 19.1. The van der Waals surface area contributed by atoms with Gasteiger partial charge in [-0.15, -0.1) is 0 Å². The molecule has 8 heteroatoms. The maximum atomic E-state index is 13.5. The molecule has 0 bridgehead atoms. The van der Waals surface area contributed by atoms with Gasteiger partial charge in [0.2, 0.25) is 5.91 Å². The predicted octanol–water partition coefficient (Wildman–Crippen LogP) is 0.818. The number of nitrogens with one attached hydrogen (secondary N) is 1. The summed E-state index contributed by atoms with van der Waals surface area (Å²) in [5.41, 5.74) is 0.638. The summed E-state index contributed by atoms with van der Waals surface area (Å²) in [6.07, 6.45) is -1.02. The number of ether oxygens (including phenoxy) is 1. The number of hydrogen-bond donors (Lipinski definition) is 1. The number of methoxy groups -OCH3 is 1. The highest BCUT2D eigenvalue weighted by Crippen LogP contribution is 2.45. The topological polar surface area (TPSA) is 85.7 Å². The second-order valence-corrected chi connectivity index (χ2v) is 7.70. The van der Waals surface area contributed by atoms with Gasteiger partial charge in [0.15, 0.2) is 0 Å². The Morgan fingerprint density at radius 1 is 1.25 bits per heavy atom. The summed E-state index contributed by atoms with van der Waals surface area (Å²) in [4.78, 5) is 28.1. The first-order valence-electron chi connectivity index (χ1n) is 9.51. The van der Waals surface area contributed by atoms with Gasteiger partial charge >= 0.3 is 0 Å². The van der Waals surface area contributed by atoms with E-state index in [2.05, 4.69) is 5.32 Å². The van der Waals surface area contributed by atoms with Crippen molar-refractivity contribution in [1.29, 1.82) is 5.26 Å². The molecule has 4 unspecified atom stereocenters. The van der Waals surface area contributed by atoms with Crippen LogP contribution in [0.1, 0.15) is 16.8 Å². The molecule has 2 aliphatic heterocycles. The standard InChI is InChI=1S/C20H23FN4O3/c1-28-15-4-2-12(3-5-15)20(27)24-10-16-17(11-24)19(16)23-8-18(26)25-9-13(21)6-14(25)7-22/h2-5,13-14,16-17,19,23H,6,8-11H2,1H3. The Morgan fingerprint density at radius 2 is 1.93 bits per heavy atom. The molecule has 2 saturated heterocycles. The molecular formula is C20H23FN4O3. The molecule has 2 amide bonds. The van der Waals surface area contributed by atoms with Gasteiger partial charge in [-0.25, -0.2) is 4.39 Å². The first-order valence-corrected chi connectivity index (χ1v) is 9.51. The van der Waals surface area contributed by atoms with Crippen molar-refractivity contribution >= 4 is 11.8 Å². The van der Waals surface area contributed by atoms with Gasteiger partial charge in [0.05, 0.1) is 26.3 Å². The highest BCUT2D eigenvalue weighted by molar-refractivity contribution is 5.94. The van der Waals surface area contributed by atoms with Crippen molar-refractivity contribution in [2.45, 2.75) is 24.7 Å². The number of alkyl halides is 1. The Balaban J connectivity index is 1.24. The average Bonchev–Trinajstić information content (AvgIpc) is 3.04. The first-order chi connectivity index (χ1) is 13.5. The summed E-state index contributed by atoms with van der Waals surface area (Å²) in [5, 5.41) is 12.3. The van der Waals surface area contributed by atoms with E-state index in [-0.39, 0.29) is 37.4 Å². The molecule has 0 aromatic heterocycles. The molecule has 1 aromatic carbocycles. The molecule has 2 heterocycles. The number of carbonyl (C=O) groups is 2. The van der Waals surface area contributed by atoms with E-state index in [1.807, 2.05) is 11.0 Å². The summed E-state index contributed by atoms with van der Waals surface area (Å²) in [6, 6.07) is 8.60.